The van der Waals surface area contributed by atoms with Gasteiger partial charge in [0.2, 0.25) is 5.91 Å². The highest BCUT2D eigenvalue weighted by atomic mass is 16.5. The zero-order valence-electron chi connectivity index (χ0n) is 21.4. The molecule has 1 N–H and O–H groups in total. The molecule has 2 aromatic carbocycles. The highest BCUT2D eigenvalue weighted by Gasteiger charge is 2.37. The maximum Gasteiger partial charge on any atom is 0.347 e. The topological polar surface area (TPSA) is 83.2 Å². The largest absolute Gasteiger partial charge is 0.478 e. The molecule has 1 aliphatic heterocycles. The Morgan fingerprint density at radius 2 is 1.86 bits per heavy atom. The minimum atomic E-state index is -1.32. The van der Waals surface area contributed by atoms with Crippen molar-refractivity contribution in [1.82, 2.24) is 4.90 Å². The first-order chi connectivity index (χ1) is 17.8. The van der Waals surface area contributed by atoms with E-state index >= 15 is 0 Å². The molecule has 7 nitrogen and oxygen atoms in total. The molecule has 2 aliphatic rings. The van der Waals surface area contributed by atoms with Crippen LogP contribution >= 0.6 is 0 Å². The van der Waals surface area contributed by atoms with Crippen molar-refractivity contribution in [2.24, 2.45) is 5.92 Å². The molecular formula is C30H34N2O5. The van der Waals surface area contributed by atoms with Crippen LogP contribution in [-0.2, 0) is 16.1 Å². The quantitative estimate of drug-likeness (QED) is 0.410. The monoisotopic (exact) mass is 502 g/mol. The second-order valence-corrected chi connectivity index (χ2v) is 10.6. The van der Waals surface area contributed by atoms with Crippen LogP contribution in [0.5, 0.6) is 5.75 Å². The Balaban J connectivity index is 1.26. The lowest BCUT2D eigenvalue weighted by atomic mass is 9.95. The van der Waals surface area contributed by atoms with Crippen molar-refractivity contribution in [2.45, 2.75) is 57.7 Å². The van der Waals surface area contributed by atoms with Gasteiger partial charge in [0.15, 0.2) is 5.60 Å². The summed E-state index contributed by atoms with van der Waals surface area (Å²) >= 11 is 0. The van der Waals surface area contributed by atoms with Crippen LogP contribution in [0.25, 0.3) is 11.1 Å². The SMILES string of the molecule is CC(C)(Oc1cccc(N2CCC[C@H](C(=O)N(Cc3ccc(-c4ccoc4)cc3)C3CC3)C2)c1)C(=O)O. The standard InChI is InChI=1S/C30H34N2O5/c1-30(2,29(34)35)37-27-7-3-6-26(17-27)31-15-4-5-23(19-31)28(33)32(25-12-13-25)18-21-8-10-22(11-9-21)24-14-16-36-20-24/h3,6-11,14,16-17,20,23,25H,4-5,12-13,15,18-19H2,1-2H3,(H,34,35)/t23-/m0/s1. The zero-order valence-corrected chi connectivity index (χ0v) is 21.4. The first kappa shape index (κ1) is 24.9. The fourth-order valence-corrected chi connectivity index (χ4v) is 4.93. The van der Waals surface area contributed by atoms with Gasteiger partial charge in [-0.15, -0.1) is 0 Å². The number of benzene rings is 2. The van der Waals surface area contributed by atoms with Crippen molar-refractivity contribution in [3.63, 3.8) is 0 Å². The van der Waals surface area contributed by atoms with E-state index in [1.54, 1.807) is 18.6 Å². The van der Waals surface area contributed by atoms with Crippen LogP contribution in [0, 0.1) is 5.92 Å². The molecule has 1 saturated carbocycles. The number of ether oxygens (including phenoxy) is 1. The summed E-state index contributed by atoms with van der Waals surface area (Å²) in [6.45, 7) is 5.20. The summed E-state index contributed by atoms with van der Waals surface area (Å²) in [4.78, 5) is 29.5. The van der Waals surface area contributed by atoms with Gasteiger partial charge in [-0.05, 0) is 68.9 Å². The molecule has 37 heavy (non-hydrogen) atoms. The number of rotatable bonds is 9. The van der Waals surface area contributed by atoms with Gasteiger partial charge in [0.25, 0.3) is 0 Å². The highest BCUT2D eigenvalue weighted by Crippen LogP contribution is 2.33. The van der Waals surface area contributed by atoms with E-state index in [4.69, 9.17) is 9.15 Å². The Kier molecular flexibility index (Phi) is 6.96. The molecule has 5 rings (SSSR count). The van der Waals surface area contributed by atoms with Crippen LogP contribution in [0.15, 0.2) is 71.5 Å². The molecule has 194 valence electrons. The summed E-state index contributed by atoms with van der Waals surface area (Å²) in [6, 6.07) is 18.1. The van der Waals surface area contributed by atoms with Crippen LogP contribution in [-0.4, -0.2) is 46.6 Å². The molecule has 7 heteroatoms. The van der Waals surface area contributed by atoms with Crippen LogP contribution in [0.4, 0.5) is 5.69 Å². The molecule has 1 aromatic heterocycles. The van der Waals surface area contributed by atoms with Gasteiger partial charge in [-0.25, -0.2) is 4.79 Å². The molecule has 0 spiro atoms. The van der Waals surface area contributed by atoms with Gasteiger partial charge in [-0.1, -0.05) is 30.3 Å². The zero-order chi connectivity index (χ0) is 26.0. The fourth-order valence-electron chi connectivity index (χ4n) is 4.93. The first-order valence-corrected chi connectivity index (χ1v) is 13.0. The van der Waals surface area contributed by atoms with Crippen LogP contribution < -0.4 is 9.64 Å². The van der Waals surface area contributed by atoms with E-state index in [2.05, 4.69) is 34.1 Å². The summed E-state index contributed by atoms with van der Waals surface area (Å²) in [6.07, 6.45) is 7.34. The maximum absolute atomic E-state index is 13.7. The van der Waals surface area contributed by atoms with E-state index < -0.39 is 11.6 Å². The predicted molar refractivity (Wildman–Crippen MR) is 141 cm³/mol. The second-order valence-electron chi connectivity index (χ2n) is 10.6. The van der Waals surface area contributed by atoms with E-state index in [0.29, 0.717) is 24.9 Å². The minimum absolute atomic E-state index is 0.0698. The molecule has 1 aliphatic carbocycles. The Morgan fingerprint density at radius 3 is 2.54 bits per heavy atom. The van der Waals surface area contributed by atoms with E-state index in [9.17, 15) is 14.7 Å². The molecule has 3 aromatic rings. The van der Waals surface area contributed by atoms with Crippen molar-refractivity contribution in [2.75, 3.05) is 18.0 Å². The van der Waals surface area contributed by atoms with E-state index in [-0.39, 0.29) is 11.8 Å². The first-order valence-electron chi connectivity index (χ1n) is 13.0. The predicted octanol–water partition coefficient (Wildman–Crippen LogP) is 5.60. The Bertz CT molecular complexity index is 1230. The van der Waals surface area contributed by atoms with Gasteiger partial charge in [-0.3, -0.25) is 4.79 Å². The summed E-state index contributed by atoms with van der Waals surface area (Å²) in [5, 5.41) is 9.40. The van der Waals surface area contributed by atoms with E-state index in [1.165, 1.54) is 13.8 Å². The summed E-state index contributed by atoms with van der Waals surface area (Å²) in [7, 11) is 0. The lowest BCUT2D eigenvalue weighted by molar-refractivity contribution is -0.152. The smallest absolute Gasteiger partial charge is 0.347 e. The lowest BCUT2D eigenvalue weighted by Gasteiger charge is -2.36. The number of piperidine rings is 1. The van der Waals surface area contributed by atoms with Gasteiger partial charge in [0.05, 0.1) is 18.4 Å². The van der Waals surface area contributed by atoms with Crippen molar-refractivity contribution in [3.05, 3.63) is 72.7 Å². The molecule has 0 unspecified atom stereocenters. The van der Waals surface area contributed by atoms with Crippen molar-refractivity contribution in [3.8, 4) is 16.9 Å². The molecule has 0 radical (unpaired) electrons. The van der Waals surface area contributed by atoms with Crippen molar-refractivity contribution >= 4 is 17.6 Å². The number of furan rings is 1. The number of carboxylic acid groups (broad SMARTS) is 1. The normalized spacial score (nSPS) is 17.9. The lowest BCUT2D eigenvalue weighted by Crippen LogP contribution is -2.45. The fraction of sp³-hybridized carbons (Fsp3) is 0.400. The maximum atomic E-state index is 13.7. The number of aliphatic carboxylic acids is 1. The summed E-state index contributed by atoms with van der Waals surface area (Å²) < 4.78 is 10.9. The molecule has 2 heterocycles. The number of nitrogens with zero attached hydrogens (tertiary/aromatic N) is 2. The highest BCUT2D eigenvalue weighted by molar-refractivity contribution is 5.80. The third kappa shape index (κ3) is 5.82. The summed E-state index contributed by atoms with van der Waals surface area (Å²) in [5.74, 6) is -0.347. The van der Waals surface area contributed by atoms with Crippen LogP contribution in [0.2, 0.25) is 0 Å². The summed E-state index contributed by atoms with van der Waals surface area (Å²) in [5.41, 5.74) is 2.91. The molecule has 2 fully saturated rings. The van der Waals surface area contributed by atoms with Gasteiger partial charge in [-0.2, -0.15) is 0 Å². The van der Waals surface area contributed by atoms with Crippen molar-refractivity contribution < 1.29 is 23.8 Å². The van der Waals surface area contributed by atoms with Crippen LogP contribution in [0.3, 0.4) is 0 Å². The molecule has 0 bridgehead atoms. The molecule has 1 atom stereocenters. The van der Waals surface area contributed by atoms with Gasteiger partial charge >= 0.3 is 5.97 Å². The molecular weight excluding hydrogens is 468 g/mol. The number of carboxylic acids is 1. The third-order valence-corrected chi connectivity index (χ3v) is 7.27. The number of hydrogen-bond acceptors (Lipinski definition) is 5. The third-order valence-electron chi connectivity index (χ3n) is 7.27. The minimum Gasteiger partial charge on any atom is -0.478 e. The average Bonchev–Trinajstić information content (AvgIpc) is 3.59. The number of carbonyl (C=O) groups excluding carboxylic acids is 1. The average molecular weight is 503 g/mol. The molecule has 1 amide bonds. The number of amides is 1. The Labute approximate surface area is 217 Å². The second kappa shape index (κ2) is 10.3. The van der Waals surface area contributed by atoms with Gasteiger partial charge < -0.3 is 24.1 Å². The number of anilines is 1. The van der Waals surface area contributed by atoms with E-state index in [1.807, 2.05) is 24.3 Å². The Morgan fingerprint density at radius 1 is 1.08 bits per heavy atom. The van der Waals surface area contributed by atoms with E-state index in [0.717, 1.165) is 54.6 Å². The van der Waals surface area contributed by atoms with Gasteiger partial charge in [0, 0.05) is 43.0 Å². The number of carbonyl (C=O) groups is 2. The number of hydrogen-bond donors (Lipinski definition) is 1. The van der Waals surface area contributed by atoms with Crippen molar-refractivity contribution in [1.29, 1.82) is 0 Å². The molecule has 1 saturated heterocycles. The van der Waals surface area contributed by atoms with Gasteiger partial charge in [0.1, 0.15) is 5.75 Å². The Hall–Kier alpha value is -3.74. The van der Waals surface area contributed by atoms with Crippen LogP contribution in [0.1, 0.15) is 45.1 Å².